The van der Waals surface area contributed by atoms with E-state index in [-0.39, 0.29) is 0 Å². The minimum absolute atomic E-state index is 0.544. The van der Waals surface area contributed by atoms with Gasteiger partial charge in [-0.1, -0.05) is 12.0 Å². The van der Waals surface area contributed by atoms with Crippen LogP contribution in [0.1, 0.15) is 39.0 Å². The number of hydrogen-bond donors (Lipinski definition) is 0. The summed E-state index contributed by atoms with van der Waals surface area (Å²) in [5.74, 6) is 6.90. The molecule has 1 heterocycles. The van der Waals surface area contributed by atoms with E-state index in [0.717, 1.165) is 18.9 Å². The second-order valence-corrected chi connectivity index (χ2v) is 4.19. The lowest BCUT2D eigenvalue weighted by Crippen LogP contribution is -2.21. The van der Waals surface area contributed by atoms with E-state index in [2.05, 4.69) is 17.9 Å². The van der Waals surface area contributed by atoms with Crippen molar-refractivity contribution >= 4 is 0 Å². The molecule has 0 aromatic rings. The molecular formula is C13H18O. The molecule has 0 aromatic carbocycles. The quantitative estimate of drug-likeness (QED) is 0.578. The van der Waals surface area contributed by atoms with E-state index in [9.17, 15) is 0 Å². The summed E-state index contributed by atoms with van der Waals surface area (Å²) in [5, 5.41) is 0. The summed E-state index contributed by atoms with van der Waals surface area (Å²) in [6, 6.07) is 0. The molecule has 0 amide bonds. The van der Waals surface area contributed by atoms with Crippen LogP contribution in [-0.4, -0.2) is 12.7 Å². The Bertz CT molecular complexity index is 273. The largest absolute Gasteiger partial charge is 0.378 e. The topological polar surface area (TPSA) is 9.23 Å². The van der Waals surface area contributed by atoms with Gasteiger partial charge in [-0.3, -0.25) is 0 Å². The Morgan fingerprint density at radius 2 is 2.36 bits per heavy atom. The predicted molar refractivity (Wildman–Crippen MR) is 57.8 cm³/mol. The highest BCUT2D eigenvalue weighted by atomic mass is 16.5. The fourth-order valence-corrected chi connectivity index (χ4v) is 2.44. The molecule has 1 heteroatoms. The van der Waals surface area contributed by atoms with E-state index in [0.29, 0.717) is 6.10 Å². The summed E-state index contributed by atoms with van der Waals surface area (Å²) in [6.45, 7) is 2.89. The van der Waals surface area contributed by atoms with Gasteiger partial charge in [0.2, 0.25) is 0 Å². The number of allylic oxidation sites excluding steroid dienone is 2. The molecule has 1 aliphatic heterocycles. The van der Waals surface area contributed by atoms with Crippen LogP contribution in [0.5, 0.6) is 0 Å². The molecule has 1 unspecified atom stereocenters. The Hall–Kier alpha value is -0.740. The van der Waals surface area contributed by atoms with Crippen LogP contribution in [0.25, 0.3) is 0 Å². The van der Waals surface area contributed by atoms with E-state index in [4.69, 9.17) is 4.74 Å². The molecule has 2 rings (SSSR count). The summed E-state index contributed by atoms with van der Waals surface area (Å²) in [4.78, 5) is 0. The standard InChI is InChI=1S/C13H18O/c1-2-4-11-6-8-12(9-7-11)13-5-3-10-14-13/h6,12-13H,3,5,7-10H2,1H3/t12?,13-/m1/s1. The van der Waals surface area contributed by atoms with Crippen LogP contribution in [0, 0.1) is 17.8 Å². The molecule has 1 nitrogen and oxygen atoms in total. The highest BCUT2D eigenvalue weighted by Crippen LogP contribution is 2.31. The Morgan fingerprint density at radius 1 is 1.43 bits per heavy atom. The molecule has 0 saturated carbocycles. The fraction of sp³-hybridized carbons (Fsp3) is 0.692. The molecule has 1 fully saturated rings. The third-order valence-electron chi connectivity index (χ3n) is 3.23. The highest BCUT2D eigenvalue weighted by molar-refractivity contribution is 5.29. The van der Waals surface area contributed by atoms with Crippen molar-refractivity contribution in [1.29, 1.82) is 0 Å². The first kappa shape index (κ1) is 9.80. The van der Waals surface area contributed by atoms with Crippen molar-refractivity contribution < 1.29 is 4.74 Å². The molecule has 2 aliphatic rings. The normalized spacial score (nSPS) is 31.9. The number of rotatable bonds is 1. The number of hydrogen-bond acceptors (Lipinski definition) is 1. The van der Waals surface area contributed by atoms with Gasteiger partial charge in [0.25, 0.3) is 0 Å². The van der Waals surface area contributed by atoms with E-state index in [1.54, 1.807) is 0 Å². The van der Waals surface area contributed by atoms with Crippen molar-refractivity contribution in [3.8, 4) is 11.8 Å². The van der Waals surface area contributed by atoms with Crippen molar-refractivity contribution in [2.24, 2.45) is 5.92 Å². The molecule has 0 aromatic heterocycles. The van der Waals surface area contributed by atoms with Crippen LogP contribution in [-0.2, 0) is 4.74 Å². The lowest BCUT2D eigenvalue weighted by molar-refractivity contribution is 0.0590. The van der Waals surface area contributed by atoms with Gasteiger partial charge in [0.15, 0.2) is 0 Å². The summed E-state index contributed by atoms with van der Waals surface area (Å²) < 4.78 is 5.72. The van der Waals surface area contributed by atoms with Gasteiger partial charge < -0.3 is 4.74 Å². The summed E-state index contributed by atoms with van der Waals surface area (Å²) >= 11 is 0. The van der Waals surface area contributed by atoms with Gasteiger partial charge in [-0.25, -0.2) is 0 Å². The van der Waals surface area contributed by atoms with Crippen molar-refractivity contribution in [2.75, 3.05) is 6.61 Å². The van der Waals surface area contributed by atoms with Crippen LogP contribution >= 0.6 is 0 Å². The molecule has 1 aliphatic carbocycles. The van der Waals surface area contributed by atoms with Gasteiger partial charge in [0.05, 0.1) is 6.10 Å². The van der Waals surface area contributed by atoms with Crippen LogP contribution < -0.4 is 0 Å². The highest BCUT2D eigenvalue weighted by Gasteiger charge is 2.26. The van der Waals surface area contributed by atoms with Gasteiger partial charge in [-0.05, 0) is 50.5 Å². The molecule has 1 saturated heterocycles. The maximum Gasteiger partial charge on any atom is 0.0607 e. The monoisotopic (exact) mass is 190 g/mol. The zero-order valence-electron chi connectivity index (χ0n) is 8.88. The Balaban J connectivity index is 1.90. The first-order valence-electron chi connectivity index (χ1n) is 5.63. The molecule has 0 spiro atoms. The van der Waals surface area contributed by atoms with Crippen LogP contribution in [0.4, 0.5) is 0 Å². The zero-order chi connectivity index (χ0) is 9.80. The second-order valence-electron chi connectivity index (χ2n) is 4.19. The van der Waals surface area contributed by atoms with Crippen molar-refractivity contribution in [3.63, 3.8) is 0 Å². The molecular weight excluding hydrogens is 172 g/mol. The van der Waals surface area contributed by atoms with Crippen molar-refractivity contribution in [3.05, 3.63) is 11.6 Å². The van der Waals surface area contributed by atoms with Gasteiger partial charge in [0.1, 0.15) is 0 Å². The van der Waals surface area contributed by atoms with Crippen molar-refractivity contribution in [1.82, 2.24) is 0 Å². The second kappa shape index (κ2) is 4.66. The van der Waals surface area contributed by atoms with Crippen LogP contribution in [0.15, 0.2) is 11.6 Å². The van der Waals surface area contributed by atoms with E-state index >= 15 is 0 Å². The third-order valence-corrected chi connectivity index (χ3v) is 3.23. The first-order chi connectivity index (χ1) is 6.90. The van der Waals surface area contributed by atoms with Crippen LogP contribution in [0.3, 0.4) is 0 Å². The SMILES string of the molecule is CC#CC1=CCC([C@H]2CCCO2)CC1. The van der Waals surface area contributed by atoms with Gasteiger partial charge in [-0.2, -0.15) is 0 Å². The number of ether oxygens (including phenoxy) is 1. The lowest BCUT2D eigenvalue weighted by atomic mass is 9.85. The average molecular weight is 190 g/mol. The smallest absolute Gasteiger partial charge is 0.0607 e. The van der Waals surface area contributed by atoms with E-state index in [1.807, 2.05) is 6.92 Å². The maximum absolute atomic E-state index is 5.72. The van der Waals surface area contributed by atoms with E-state index < -0.39 is 0 Å². The predicted octanol–water partition coefficient (Wildman–Crippen LogP) is 2.92. The van der Waals surface area contributed by atoms with Crippen molar-refractivity contribution in [2.45, 2.75) is 45.1 Å². The fourth-order valence-electron chi connectivity index (χ4n) is 2.44. The van der Waals surface area contributed by atoms with Gasteiger partial charge in [0, 0.05) is 6.61 Å². The van der Waals surface area contributed by atoms with E-state index in [1.165, 1.54) is 31.3 Å². The summed E-state index contributed by atoms with van der Waals surface area (Å²) in [5.41, 5.74) is 1.33. The zero-order valence-corrected chi connectivity index (χ0v) is 8.88. The first-order valence-corrected chi connectivity index (χ1v) is 5.63. The summed E-state index contributed by atoms with van der Waals surface area (Å²) in [6.07, 6.45) is 8.99. The Kier molecular flexibility index (Phi) is 3.26. The lowest BCUT2D eigenvalue weighted by Gasteiger charge is -2.25. The average Bonchev–Trinajstić information content (AvgIpc) is 2.72. The van der Waals surface area contributed by atoms with Crippen LogP contribution in [0.2, 0.25) is 0 Å². The molecule has 0 N–H and O–H groups in total. The molecule has 0 radical (unpaired) electrons. The van der Waals surface area contributed by atoms with Gasteiger partial charge in [-0.15, -0.1) is 5.92 Å². The molecule has 2 atom stereocenters. The molecule has 76 valence electrons. The minimum Gasteiger partial charge on any atom is -0.378 e. The molecule has 0 bridgehead atoms. The summed E-state index contributed by atoms with van der Waals surface area (Å²) in [7, 11) is 0. The maximum atomic E-state index is 5.72. The molecule has 14 heavy (non-hydrogen) atoms. The minimum atomic E-state index is 0.544. The third kappa shape index (κ3) is 2.19. The Labute approximate surface area is 86.5 Å². The van der Waals surface area contributed by atoms with Gasteiger partial charge >= 0.3 is 0 Å². The Morgan fingerprint density at radius 3 is 2.93 bits per heavy atom.